The molecular weight excluding hydrogens is 538 g/mol. The number of aromatic nitrogens is 1. The van der Waals surface area contributed by atoms with Gasteiger partial charge in [-0.25, -0.2) is 4.98 Å². The van der Waals surface area contributed by atoms with Gasteiger partial charge in [-0.05, 0) is 93.1 Å². The summed E-state index contributed by atoms with van der Waals surface area (Å²) in [5, 5.41) is 16.3. The highest BCUT2D eigenvalue weighted by molar-refractivity contribution is 6.32. The van der Waals surface area contributed by atoms with Crippen LogP contribution in [0.2, 0.25) is 5.15 Å². The van der Waals surface area contributed by atoms with Crippen molar-refractivity contribution in [2.45, 2.75) is 76.4 Å². The number of ether oxygens (including phenoxy) is 2. The van der Waals surface area contributed by atoms with Gasteiger partial charge in [-0.3, -0.25) is 4.79 Å². The zero-order chi connectivity index (χ0) is 29.4. The summed E-state index contributed by atoms with van der Waals surface area (Å²) < 4.78 is 11.6. The third kappa shape index (κ3) is 7.68. The van der Waals surface area contributed by atoms with Crippen LogP contribution in [0.25, 0.3) is 11.1 Å². The van der Waals surface area contributed by atoms with Crippen LogP contribution in [-0.4, -0.2) is 74.0 Å². The summed E-state index contributed by atoms with van der Waals surface area (Å²) in [5.41, 5.74) is 2.16. The van der Waals surface area contributed by atoms with Crippen molar-refractivity contribution in [3.05, 3.63) is 52.8 Å². The van der Waals surface area contributed by atoms with Crippen molar-refractivity contribution in [3.63, 3.8) is 0 Å². The van der Waals surface area contributed by atoms with Crippen LogP contribution < -0.4 is 5.32 Å². The second-order valence-electron chi connectivity index (χ2n) is 12.1. The van der Waals surface area contributed by atoms with Crippen LogP contribution in [0.15, 0.2) is 36.5 Å². The Bertz CT molecular complexity index is 1140. The average Bonchev–Trinajstić information content (AvgIpc) is 2.99. The van der Waals surface area contributed by atoms with Gasteiger partial charge >= 0.3 is 0 Å². The number of hydrogen-bond donors (Lipinski definition) is 2. The number of unbranched alkanes of at least 4 members (excludes halogenated alkanes) is 1. The topological polar surface area (TPSA) is 83.9 Å². The Morgan fingerprint density at radius 1 is 1.24 bits per heavy atom. The summed E-state index contributed by atoms with van der Waals surface area (Å²) in [6.07, 6.45) is 7.05. The van der Waals surface area contributed by atoms with Crippen LogP contribution in [0.4, 0.5) is 0 Å². The number of carbonyl (C=O) groups excluding carboxylic acids is 1. The van der Waals surface area contributed by atoms with Crippen LogP contribution >= 0.6 is 11.6 Å². The average molecular weight is 586 g/mol. The minimum atomic E-state index is -1.37. The molecule has 7 nitrogen and oxygen atoms in total. The number of rotatable bonds is 12. The molecule has 1 aromatic heterocycles. The molecule has 2 aromatic rings. The largest absolute Gasteiger partial charge is 0.385 e. The van der Waals surface area contributed by atoms with E-state index in [-0.39, 0.29) is 11.8 Å². The molecule has 2 atom stereocenters. The molecule has 1 aliphatic carbocycles. The van der Waals surface area contributed by atoms with E-state index in [1.165, 1.54) is 5.56 Å². The van der Waals surface area contributed by atoms with Crippen molar-refractivity contribution in [3.8, 4) is 11.1 Å². The lowest BCUT2D eigenvalue weighted by Gasteiger charge is -2.44. The molecule has 41 heavy (non-hydrogen) atoms. The number of nitrogens with one attached hydrogen (secondary N) is 1. The number of hydrogen-bond acceptors (Lipinski definition) is 6. The summed E-state index contributed by atoms with van der Waals surface area (Å²) in [6.45, 7) is 7.23. The van der Waals surface area contributed by atoms with Crippen molar-refractivity contribution in [2.75, 3.05) is 47.0 Å². The van der Waals surface area contributed by atoms with Gasteiger partial charge in [-0.15, -0.1) is 0 Å². The van der Waals surface area contributed by atoms with Crippen LogP contribution in [0.3, 0.4) is 0 Å². The van der Waals surface area contributed by atoms with Crippen LogP contribution in [0.5, 0.6) is 0 Å². The molecule has 1 amide bonds. The van der Waals surface area contributed by atoms with Crippen molar-refractivity contribution in [1.29, 1.82) is 0 Å². The molecule has 1 saturated carbocycles. The van der Waals surface area contributed by atoms with E-state index in [2.05, 4.69) is 36.3 Å². The highest BCUT2D eigenvalue weighted by atomic mass is 35.5. The Morgan fingerprint density at radius 3 is 2.73 bits per heavy atom. The van der Waals surface area contributed by atoms with E-state index in [0.717, 1.165) is 56.2 Å². The molecule has 1 aliphatic heterocycles. The highest BCUT2D eigenvalue weighted by Crippen LogP contribution is 2.43. The van der Waals surface area contributed by atoms with Gasteiger partial charge in [-0.1, -0.05) is 49.7 Å². The van der Waals surface area contributed by atoms with E-state index in [4.69, 9.17) is 21.1 Å². The fourth-order valence-electron chi connectivity index (χ4n) is 6.53. The fraction of sp³-hybridized carbons (Fsp3) is 0.636. The monoisotopic (exact) mass is 585 g/mol. The molecule has 2 fully saturated rings. The number of benzene rings is 1. The molecule has 8 heteroatoms. The third-order valence-electron chi connectivity index (χ3n) is 8.97. The first-order chi connectivity index (χ1) is 19.8. The van der Waals surface area contributed by atoms with Gasteiger partial charge in [0.25, 0.3) is 0 Å². The fourth-order valence-corrected chi connectivity index (χ4v) is 6.80. The predicted octanol–water partition coefficient (Wildman–Crippen LogP) is 5.78. The van der Waals surface area contributed by atoms with E-state index in [0.29, 0.717) is 55.3 Å². The maximum Gasteiger partial charge on any atom is 0.225 e. The molecule has 0 radical (unpaired) electrons. The zero-order valence-corrected chi connectivity index (χ0v) is 26.0. The minimum absolute atomic E-state index is 0.0429. The number of aliphatic hydroxyl groups is 1. The highest BCUT2D eigenvalue weighted by Gasteiger charge is 2.45. The van der Waals surface area contributed by atoms with Gasteiger partial charge in [0, 0.05) is 37.9 Å². The number of amides is 1. The molecular formula is C33H48ClN3O4. The number of carbonyl (C=O) groups is 1. The van der Waals surface area contributed by atoms with E-state index in [1.807, 2.05) is 30.1 Å². The Balaban J connectivity index is 1.64. The molecule has 2 aliphatic rings. The first kappa shape index (κ1) is 31.9. The Morgan fingerprint density at radius 2 is 2.02 bits per heavy atom. The van der Waals surface area contributed by atoms with E-state index in [9.17, 15) is 9.90 Å². The number of pyridine rings is 1. The lowest BCUT2D eigenvalue weighted by molar-refractivity contribution is -0.168. The van der Waals surface area contributed by atoms with Crippen molar-refractivity contribution in [1.82, 2.24) is 15.2 Å². The molecule has 1 aromatic carbocycles. The SMILES string of the molecule is CNCC1CCC(C(=O)N2CCO[C@@H]([C@@](O)(CCCCOC)c3ccnc(Cl)c3-c3cccc(C(C)C)c3)C2)CC1. The molecule has 0 bridgehead atoms. The van der Waals surface area contributed by atoms with Gasteiger partial charge in [0.15, 0.2) is 0 Å². The molecule has 2 N–H and O–H groups in total. The molecule has 0 unspecified atom stereocenters. The zero-order valence-electron chi connectivity index (χ0n) is 25.2. The summed E-state index contributed by atoms with van der Waals surface area (Å²) in [7, 11) is 3.68. The Labute approximate surface area is 251 Å². The van der Waals surface area contributed by atoms with Gasteiger partial charge in [-0.2, -0.15) is 0 Å². The van der Waals surface area contributed by atoms with Crippen LogP contribution in [0, 0.1) is 11.8 Å². The molecule has 1 saturated heterocycles. The second kappa shape index (κ2) is 14.9. The molecule has 0 spiro atoms. The quantitative estimate of drug-likeness (QED) is 0.243. The predicted molar refractivity (Wildman–Crippen MR) is 164 cm³/mol. The van der Waals surface area contributed by atoms with Crippen LogP contribution in [0.1, 0.15) is 75.8 Å². The van der Waals surface area contributed by atoms with Gasteiger partial charge < -0.3 is 24.8 Å². The Kier molecular flexibility index (Phi) is 11.6. The summed E-state index contributed by atoms with van der Waals surface area (Å²) in [5.74, 6) is 1.22. The van der Waals surface area contributed by atoms with Crippen molar-refractivity contribution >= 4 is 17.5 Å². The summed E-state index contributed by atoms with van der Waals surface area (Å²) in [4.78, 5) is 20.0. The van der Waals surface area contributed by atoms with Crippen molar-refractivity contribution < 1.29 is 19.4 Å². The number of nitrogens with zero attached hydrogens (tertiary/aromatic N) is 2. The minimum Gasteiger partial charge on any atom is -0.385 e. The number of halogens is 1. The number of methoxy groups -OCH3 is 1. The second-order valence-corrected chi connectivity index (χ2v) is 12.5. The van der Waals surface area contributed by atoms with Gasteiger partial charge in [0.1, 0.15) is 16.9 Å². The lowest BCUT2D eigenvalue weighted by atomic mass is 9.78. The molecule has 226 valence electrons. The molecule has 2 heterocycles. The smallest absolute Gasteiger partial charge is 0.225 e. The normalized spacial score (nSPS) is 23.0. The van der Waals surface area contributed by atoms with Gasteiger partial charge in [0.05, 0.1) is 13.2 Å². The maximum absolute atomic E-state index is 13.7. The molecule has 4 rings (SSSR count). The van der Waals surface area contributed by atoms with Crippen molar-refractivity contribution in [2.24, 2.45) is 11.8 Å². The number of morpholine rings is 1. The Hall–Kier alpha value is -2.03. The van der Waals surface area contributed by atoms with Crippen LogP contribution in [-0.2, 0) is 19.9 Å². The van der Waals surface area contributed by atoms with E-state index >= 15 is 0 Å². The standard InChI is InChI=1S/C33H48ClN3O4/c1-23(2)26-8-7-9-27(20-26)30-28(14-16-36-31(30)34)33(39,15-5-6-18-40-4)29-22-37(17-19-41-29)32(38)25-12-10-24(11-13-25)21-35-3/h7-9,14,16,20,23-25,29,35,39H,5-6,10-13,15,17-19,21-22H2,1-4H3/t24?,25?,29-,33-/m1/s1. The lowest BCUT2D eigenvalue weighted by Crippen LogP contribution is -2.55. The van der Waals surface area contributed by atoms with E-state index < -0.39 is 11.7 Å². The first-order valence-electron chi connectivity index (χ1n) is 15.3. The van der Waals surface area contributed by atoms with Gasteiger partial charge in [0.2, 0.25) is 5.91 Å². The summed E-state index contributed by atoms with van der Waals surface area (Å²) in [6, 6.07) is 10.1. The third-order valence-corrected chi connectivity index (χ3v) is 9.26. The first-order valence-corrected chi connectivity index (χ1v) is 15.7. The summed E-state index contributed by atoms with van der Waals surface area (Å²) >= 11 is 6.79. The maximum atomic E-state index is 13.7. The van der Waals surface area contributed by atoms with E-state index in [1.54, 1.807) is 13.3 Å².